The Morgan fingerprint density at radius 1 is 1.42 bits per heavy atom. The maximum Gasteiger partial charge on any atom is 0.408 e. The number of hydrogen-bond donors (Lipinski definition) is 1. The van der Waals surface area contributed by atoms with Gasteiger partial charge in [-0.2, -0.15) is 5.26 Å². The van der Waals surface area contributed by atoms with Gasteiger partial charge in [0, 0.05) is 11.8 Å². The zero-order valence-electron chi connectivity index (χ0n) is 15.8. The topological polar surface area (TPSA) is 82.4 Å². The standard InChI is InChI=1S/C19H28FN3O3/c1-5-19(8-6-7-9-19)15(22-17(25)26-18(2,3)4)16(24)23-12-13(20)10-14(23)11-21/h5,13-15H,1,6-10,12H2,2-4H3,(H,22,25)/t13-,14-,15+/m0/s1. The van der Waals surface area contributed by atoms with Crippen molar-refractivity contribution in [3.8, 4) is 6.07 Å². The van der Waals surface area contributed by atoms with Crippen molar-refractivity contribution >= 4 is 12.0 Å². The van der Waals surface area contributed by atoms with Crippen molar-refractivity contribution in [2.75, 3.05) is 6.54 Å². The van der Waals surface area contributed by atoms with Gasteiger partial charge in [0.2, 0.25) is 5.91 Å². The fourth-order valence-electron chi connectivity index (χ4n) is 3.84. The summed E-state index contributed by atoms with van der Waals surface area (Å²) >= 11 is 0. The number of hydrogen-bond acceptors (Lipinski definition) is 4. The number of alkyl halides is 1. The Kier molecular flexibility index (Phi) is 5.94. The third-order valence-electron chi connectivity index (χ3n) is 5.11. The smallest absolute Gasteiger partial charge is 0.408 e. The number of alkyl carbamates (subject to hydrolysis) is 1. The van der Waals surface area contributed by atoms with Crippen LogP contribution in [0.4, 0.5) is 9.18 Å². The number of halogens is 1. The normalized spacial score (nSPS) is 26.0. The van der Waals surface area contributed by atoms with Crippen LogP contribution >= 0.6 is 0 Å². The van der Waals surface area contributed by atoms with E-state index in [2.05, 4.69) is 11.9 Å². The molecule has 0 aromatic rings. The molecule has 144 valence electrons. The fraction of sp³-hybridized carbons (Fsp3) is 0.737. The van der Waals surface area contributed by atoms with Crippen molar-refractivity contribution in [2.24, 2.45) is 5.41 Å². The molecule has 0 radical (unpaired) electrons. The van der Waals surface area contributed by atoms with Crippen LogP contribution in [0.5, 0.6) is 0 Å². The van der Waals surface area contributed by atoms with Gasteiger partial charge in [0.05, 0.1) is 12.6 Å². The highest BCUT2D eigenvalue weighted by Crippen LogP contribution is 2.43. The first-order valence-corrected chi connectivity index (χ1v) is 9.09. The number of rotatable bonds is 4. The molecule has 6 nitrogen and oxygen atoms in total. The number of amides is 2. The molecule has 2 rings (SSSR count). The number of carbonyl (C=O) groups excluding carboxylic acids is 2. The molecule has 0 spiro atoms. The van der Waals surface area contributed by atoms with E-state index in [1.165, 1.54) is 4.90 Å². The number of ether oxygens (including phenoxy) is 1. The molecule has 0 aromatic carbocycles. The highest BCUT2D eigenvalue weighted by atomic mass is 19.1. The van der Waals surface area contributed by atoms with Crippen molar-refractivity contribution in [3.63, 3.8) is 0 Å². The summed E-state index contributed by atoms with van der Waals surface area (Å²) < 4.78 is 19.1. The summed E-state index contributed by atoms with van der Waals surface area (Å²) in [6.07, 6.45) is 3.02. The summed E-state index contributed by atoms with van der Waals surface area (Å²) in [5, 5.41) is 12.0. The van der Waals surface area contributed by atoms with Gasteiger partial charge in [-0.25, -0.2) is 9.18 Å². The average molecular weight is 365 g/mol. The van der Waals surface area contributed by atoms with Gasteiger partial charge in [0.1, 0.15) is 23.9 Å². The van der Waals surface area contributed by atoms with Gasteiger partial charge in [-0.05, 0) is 33.6 Å². The number of likely N-dealkylation sites (tertiary alicyclic amines) is 1. The molecule has 2 fully saturated rings. The van der Waals surface area contributed by atoms with Crippen LogP contribution in [0.25, 0.3) is 0 Å². The van der Waals surface area contributed by atoms with E-state index in [1.54, 1.807) is 26.8 Å². The lowest BCUT2D eigenvalue weighted by Gasteiger charge is -2.37. The molecule has 1 N–H and O–H groups in total. The first kappa shape index (κ1) is 20.2. The van der Waals surface area contributed by atoms with E-state index in [4.69, 9.17) is 4.74 Å². The second-order valence-electron chi connectivity index (χ2n) is 8.19. The van der Waals surface area contributed by atoms with E-state index in [1.807, 2.05) is 6.07 Å². The second-order valence-corrected chi connectivity index (χ2v) is 8.19. The molecule has 0 bridgehead atoms. The number of nitrogens with zero attached hydrogens (tertiary/aromatic N) is 2. The van der Waals surface area contributed by atoms with Gasteiger partial charge in [-0.15, -0.1) is 6.58 Å². The van der Waals surface area contributed by atoms with Crippen LogP contribution in [0, 0.1) is 16.7 Å². The van der Waals surface area contributed by atoms with Crippen molar-refractivity contribution in [2.45, 2.75) is 76.7 Å². The molecule has 7 heteroatoms. The Morgan fingerprint density at radius 3 is 2.54 bits per heavy atom. The van der Waals surface area contributed by atoms with Gasteiger partial charge in [-0.3, -0.25) is 4.79 Å². The SMILES string of the molecule is C=CC1([C@H](NC(=O)OC(C)(C)C)C(=O)N2C[C@@H](F)C[C@H]2C#N)CCCC1. The van der Waals surface area contributed by atoms with Gasteiger partial charge < -0.3 is 15.0 Å². The van der Waals surface area contributed by atoms with Crippen LogP contribution < -0.4 is 5.32 Å². The predicted octanol–water partition coefficient (Wildman–Crippen LogP) is 3.09. The minimum atomic E-state index is -1.23. The summed E-state index contributed by atoms with van der Waals surface area (Å²) in [6.45, 7) is 8.97. The molecule has 3 atom stereocenters. The highest BCUT2D eigenvalue weighted by molar-refractivity contribution is 5.88. The highest BCUT2D eigenvalue weighted by Gasteiger charge is 2.48. The van der Waals surface area contributed by atoms with Crippen LogP contribution in [0.1, 0.15) is 52.9 Å². The van der Waals surface area contributed by atoms with E-state index in [-0.39, 0.29) is 13.0 Å². The van der Waals surface area contributed by atoms with Crippen LogP contribution in [0.15, 0.2) is 12.7 Å². The third-order valence-corrected chi connectivity index (χ3v) is 5.11. The third kappa shape index (κ3) is 4.35. The largest absolute Gasteiger partial charge is 0.444 e. The maximum atomic E-state index is 13.8. The molecule has 0 unspecified atom stereocenters. The van der Waals surface area contributed by atoms with Crippen LogP contribution in [0.2, 0.25) is 0 Å². The minimum Gasteiger partial charge on any atom is -0.444 e. The number of carbonyl (C=O) groups is 2. The lowest BCUT2D eigenvalue weighted by atomic mass is 9.78. The van der Waals surface area contributed by atoms with Gasteiger partial charge in [0.25, 0.3) is 0 Å². The summed E-state index contributed by atoms with van der Waals surface area (Å²) in [4.78, 5) is 26.8. The van der Waals surface area contributed by atoms with Crippen molar-refractivity contribution in [1.82, 2.24) is 10.2 Å². The maximum absolute atomic E-state index is 13.8. The molecule has 26 heavy (non-hydrogen) atoms. The van der Waals surface area contributed by atoms with E-state index >= 15 is 0 Å². The van der Waals surface area contributed by atoms with E-state index in [0.29, 0.717) is 12.8 Å². The second kappa shape index (κ2) is 7.65. The van der Waals surface area contributed by atoms with E-state index in [9.17, 15) is 19.2 Å². The first-order chi connectivity index (χ1) is 12.1. The Balaban J connectivity index is 2.28. The zero-order chi connectivity index (χ0) is 19.5. The van der Waals surface area contributed by atoms with E-state index in [0.717, 1.165) is 12.8 Å². The lowest BCUT2D eigenvalue weighted by molar-refractivity contribution is -0.136. The van der Waals surface area contributed by atoms with E-state index < -0.39 is 41.3 Å². The minimum absolute atomic E-state index is 0.00247. The molecular formula is C19H28FN3O3. The molecule has 1 saturated heterocycles. The van der Waals surface area contributed by atoms with Gasteiger partial charge in [-0.1, -0.05) is 18.9 Å². The lowest BCUT2D eigenvalue weighted by Crippen LogP contribution is -2.57. The summed E-state index contributed by atoms with van der Waals surface area (Å²) in [7, 11) is 0. The Hall–Kier alpha value is -2.10. The van der Waals surface area contributed by atoms with Crippen molar-refractivity contribution in [3.05, 3.63) is 12.7 Å². The quantitative estimate of drug-likeness (QED) is 0.776. The molecule has 2 aliphatic rings. The molecule has 1 heterocycles. The van der Waals surface area contributed by atoms with Gasteiger partial charge >= 0.3 is 6.09 Å². The predicted molar refractivity (Wildman–Crippen MR) is 94.9 cm³/mol. The first-order valence-electron chi connectivity index (χ1n) is 9.09. The van der Waals surface area contributed by atoms with Crippen LogP contribution in [-0.2, 0) is 9.53 Å². The Bertz CT molecular complexity index is 602. The Morgan fingerprint density at radius 2 is 2.04 bits per heavy atom. The summed E-state index contributed by atoms with van der Waals surface area (Å²) in [6, 6.07) is 0.254. The molecule has 0 aromatic heterocycles. The number of nitriles is 1. The van der Waals surface area contributed by atoms with Crippen molar-refractivity contribution < 1.29 is 18.7 Å². The van der Waals surface area contributed by atoms with Crippen LogP contribution in [-0.4, -0.2) is 47.3 Å². The number of nitrogens with one attached hydrogen (secondary N) is 1. The molecule has 1 saturated carbocycles. The molecule has 2 amide bonds. The average Bonchev–Trinajstić information content (AvgIpc) is 3.17. The molecule has 1 aliphatic carbocycles. The monoisotopic (exact) mass is 365 g/mol. The Labute approximate surface area is 154 Å². The summed E-state index contributed by atoms with van der Waals surface area (Å²) in [5.74, 6) is -0.440. The zero-order valence-corrected chi connectivity index (χ0v) is 15.8. The van der Waals surface area contributed by atoms with Crippen molar-refractivity contribution in [1.29, 1.82) is 5.26 Å². The summed E-state index contributed by atoms with van der Waals surface area (Å²) in [5.41, 5.74) is -1.32. The van der Waals surface area contributed by atoms with Crippen LogP contribution in [0.3, 0.4) is 0 Å². The fourth-order valence-corrected chi connectivity index (χ4v) is 3.84. The molecular weight excluding hydrogens is 337 g/mol. The molecule has 1 aliphatic heterocycles. The van der Waals surface area contributed by atoms with Gasteiger partial charge in [0.15, 0.2) is 0 Å².